The first kappa shape index (κ1) is 16.6. The molecule has 3 rings (SSSR count). The highest BCUT2D eigenvalue weighted by atomic mass is 16.5. The number of ether oxygens (including phenoxy) is 1. The quantitative estimate of drug-likeness (QED) is 0.871. The fourth-order valence-electron chi connectivity index (χ4n) is 3.08. The van der Waals surface area contributed by atoms with Gasteiger partial charge in [0, 0.05) is 19.8 Å². The summed E-state index contributed by atoms with van der Waals surface area (Å²) >= 11 is 0. The Balaban J connectivity index is 1.44. The maximum Gasteiger partial charge on any atom is 0.258 e. The molecule has 24 heavy (non-hydrogen) atoms. The van der Waals surface area contributed by atoms with E-state index in [0.29, 0.717) is 23.9 Å². The lowest BCUT2D eigenvalue weighted by atomic mass is 9.96. The molecule has 0 atom stereocenters. The third-order valence-corrected chi connectivity index (χ3v) is 4.45. The van der Waals surface area contributed by atoms with Gasteiger partial charge in [-0.1, -0.05) is 0 Å². The predicted molar refractivity (Wildman–Crippen MR) is 88.8 cm³/mol. The Bertz CT molecular complexity index is 657. The number of methoxy groups -OCH3 is 1. The van der Waals surface area contributed by atoms with Crippen molar-refractivity contribution in [3.63, 3.8) is 0 Å². The first-order chi connectivity index (χ1) is 11.7. The molecular formula is C17H24N4O3. The van der Waals surface area contributed by atoms with Crippen LogP contribution in [0.4, 0.5) is 0 Å². The summed E-state index contributed by atoms with van der Waals surface area (Å²) in [5.41, 5.74) is 0.482. The molecule has 0 spiro atoms. The minimum atomic E-state index is -0.127. The normalized spacial score (nSPS) is 16.2. The third-order valence-electron chi connectivity index (χ3n) is 4.45. The highest BCUT2D eigenvalue weighted by Gasteiger charge is 2.22. The molecule has 1 fully saturated rings. The lowest BCUT2D eigenvalue weighted by Crippen LogP contribution is -2.38. The molecule has 7 heteroatoms. The van der Waals surface area contributed by atoms with Crippen molar-refractivity contribution in [1.29, 1.82) is 0 Å². The zero-order valence-corrected chi connectivity index (χ0v) is 14.2. The van der Waals surface area contributed by atoms with Gasteiger partial charge >= 0.3 is 0 Å². The Morgan fingerprint density at radius 2 is 2.25 bits per heavy atom. The van der Waals surface area contributed by atoms with E-state index in [1.165, 1.54) is 7.11 Å². The number of hydrogen-bond donors (Lipinski definition) is 1. The standard InChI is InChI=1S/C17H24N4O3/c1-20-12-15(17(19-20)23-2)16(22)18-10-13-5-7-21(8-6-13)11-14-4-3-9-24-14/h3-4,9,12-13H,5-8,10-11H2,1-2H3,(H,18,22). The molecular weight excluding hydrogens is 308 g/mol. The van der Waals surface area contributed by atoms with Crippen LogP contribution in [0.5, 0.6) is 5.88 Å². The van der Waals surface area contributed by atoms with Gasteiger partial charge in [0.05, 0.1) is 19.9 Å². The van der Waals surface area contributed by atoms with Crippen LogP contribution in [0.2, 0.25) is 0 Å². The molecule has 0 unspecified atom stereocenters. The number of nitrogens with zero attached hydrogens (tertiary/aromatic N) is 3. The van der Waals surface area contributed by atoms with E-state index in [-0.39, 0.29) is 5.91 Å². The van der Waals surface area contributed by atoms with Crippen LogP contribution in [0.25, 0.3) is 0 Å². The van der Waals surface area contributed by atoms with E-state index in [0.717, 1.165) is 38.2 Å². The van der Waals surface area contributed by atoms with Gasteiger partial charge in [0.2, 0.25) is 5.88 Å². The van der Waals surface area contributed by atoms with Gasteiger partial charge in [-0.2, -0.15) is 0 Å². The summed E-state index contributed by atoms with van der Waals surface area (Å²) in [6.45, 7) is 3.60. The number of furan rings is 1. The zero-order valence-electron chi connectivity index (χ0n) is 14.2. The second-order valence-corrected chi connectivity index (χ2v) is 6.23. The molecule has 1 saturated heterocycles. The van der Waals surface area contributed by atoms with E-state index in [2.05, 4.69) is 15.3 Å². The van der Waals surface area contributed by atoms with Crippen molar-refractivity contribution < 1.29 is 13.9 Å². The fourth-order valence-corrected chi connectivity index (χ4v) is 3.08. The Morgan fingerprint density at radius 1 is 1.46 bits per heavy atom. The Hall–Kier alpha value is -2.28. The molecule has 0 bridgehead atoms. The van der Waals surface area contributed by atoms with E-state index >= 15 is 0 Å². The molecule has 2 aromatic heterocycles. The highest BCUT2D eigenvalue weighted by Crippen LogP contribution is 2.19. The van der Waals surface area contributed by atoms with Crippen LogP contribution in [-0.2, 0) is 13.6 Å². The lowest BCUT2D eigenvalue weighted by molar-refractivity contribution is 0.0931. The van der Waals surface area contributed by atoms with Gasteiger partial charge in [-0.3, -0.25) is 14.4 Å². The minimum absolute atomic E-state index is 0.127. The first-order valence-corrected chi connectivity index (χ1v) is 8.26. The Kier molecular flexibility index (Phi) is 5.20. The summed E-state index contributed by atoms with van der Waals surface area (Å²) in [6, 6.07) is 3.93. The second-order valence-electron chi connectivity index (χ2n) is 6.23. The van der Waals surface area contributed by atoms with E-state index in [1.54, 1.807) is 24.2 Å². The van der Waals surface area contributed by atoms with Gasteiger partial charge in [0.15, 0.2) is 0 Å². The summed E-state index contributed by atoms with van der Waals surface area (Å²) in [7, 11) is 3.29. The molecule has 3 heterocycles. The van der Waals surface area contributed by atoms with Gasteiger partial charge in [-0.25, -0.2) is 0 Å². The monoisotopic (exact) mass is 332 g/mol. The maximum atomic E-state index is 12.3. The van der Waals surface area contributed by atoms with Crippen molar-refractivity contribution >= 4 is 5.91 Å². The number of aryl methyl sites for hydroxylation is 1. The SMILES string of the molecule is COc1nn(C)cc1C(=O)NCC1CCN(Cc2ccco2)CC1. The largest absolute Gasteiger partial charge is 0.479 e. The Morgan fingerprint density at radius 3 is 2.92 bits per heavy atom. The van der Waals surface area contributed by atoms with Crippen molar-refractivity contribution in [2.75, 3.05) is 26.7 Å². The predicted octanol–water partition coefficient (Wildman–Crippen LogP) is 1.66. The summed E-state index contributed by atoms with van der Waals surface area (Å²) in [5.74, 6) is 1.75. The molecule has 0 saturated carbocycles. The average molecular weight is 332 g/mol. The van der Waals surface area contributed by atoms with Crippen molar-refractivity contribution in [3.8, 4) is 5.88 Å². The van der Waals surface area contributed by atoms with E-state index in [9.17, 15) is 4.79 Å². The van der Waals surface area contributed by atoms with E-state index < -0.39 is 0 Å². The number of carbonyl (C=O) groups excluding carboxylic acids is 1. The molecule has 1 aliphatic rings. The minimum Gasteiger partial charge on any atom is -0.479 e. The zero-order chi connectivity index (χ0) is 16.9. The molecule has 130 valence electrons. The Labute approximate surface area is 141 Å². The molecule has 0 aliphatic carbocycles. The van der Waals surface area contributed by atoms with Gasteiger partial charge in [0.25, 0.3) is 5.91 Å². The topological polar surface area (TPSA) is 72.5 Å². The molecule has 1 aliphatic heterocycles. The molecule has 0 radical (unpaired) electrons. The van der Waals surface area contributed by atoms with Gasteiger partial charge < -0.3 is 14.5 Å². The number of aromatic nitrogens is 2. The summed E-state index contributed by atoms with van der Waals surface area (Å²) in [5, 5.41) is 7.12. The summed E-state index contributed by atoms with van der Waals surface area (Å²) in [6.07, 6.45) is 5.54. The van der Waals surface area contributed by atoms with E-state index in [1.807, 2.05) is 12.1 Å². The number of nitrogens with one attached hydrogen (secondary N) is 1. The first-order valence-electron chi connectivity index (χ1n) is 8.26. The third kappa shape index (κ3) is 3.97. The van der Waals surface area contributed by atoms with Crippen molar-refractivity contribution in [3.05, 3.63) is 35.9 Å². The van der Waals surface area contributed by atoms with Crippen LogP contribution >= 0.6 is 0 Å². The lowest BCUT2D eigenvalue weighted by Gasteiger charge is -2.31. The van der Waals surface area contributed by atoms with Crippen LogP contribution in [0, 0.1) is 5.92 Å². The molecule has 0 aromatic carbocycles. The maximum absolute atomic E-state index is 12.3. The average Bonchev–Trinajstić information content (AvgIpc) is 3.23. The van der Waals surface area contributed by atoms with Crippen LogP contribution in [0.3, 0.4) is 0 Å². The smallest absolute Gasteiger partial charge is 0.258 e. The van der Waals surface area contributed by atoms with Gasteiger partial charge in [-0.15, -0.1) is 5.10 Å². The number of likely N-dealkylation sites (tertiary alicyclic amines) is 1. The summed E-state index contributed by atoms with van der Waals surface area (Å²) in [4.78, 5) is 14.7. The molecule has 7 nitrogen and oxygen atoms in total. The molecule has 2 aromatic rings. The van der Waals surface area contributed by atoms with Gasteiger partial charge in [0.1, 0.15) is 11.3 Å². The number of rotatable bonds is 6. The number of carbonyl (C=O) groups is 1. The van der Waals surface area contributed by atoms with Crippen molar-refractivity contribution in [2.24, 2.45) is 13.0 Å². The van der Waals surface area contributed by atoms with Crippen molar-refractivity contribution in [2.45, 2.75) is 19.4 Å². The highest BCUT2D eigenvalue weighted by molar-refractivity contribution is 5.96. The molecule has 1 amide bonds. The number of amides is 1. The van der Waals surface area contributed by atoms with Crippen LogP contribution < -0.4 is 10.1 Å². The number of hydrogen-bond acceptors (Lipinski definition) is 5. The number of piperidine rings is 1. The van der Waals surface area contributed by atoms with Crippen LogP contribution in [0.15, 0.2) is 29.0 Å². The second kappa shape index (κ2) is 7.53. The fraction of sp³-hybridized carbons (Fsp3) is 0.529. The van der Waals surface area contributed by atoms with Crippen LogP contribution in [0.1, 0.15) is 29.0 Å². The summed E-state index contributed by atoms with van der Waals surface area (Å²) < 4.78 is 12.1. The van der Waals surface area contributed by atoms with Crippen LogP contribution in [-0.4, -0.2) is 47.3 Å². The molecule has 1 N–H and O–H groups in total. The van der Waals surface area contributed by atoms with Crippen molar-refractivity contribution in [1.82, 2.24) is 20.0 Å². The van der Waals surface area contributed by atoms with Gasteiger partial charge in [-0.05, 0) is 44.0 Å². The van der Waals surface area contributed by atoms with E-state index in [4.69, 9.17) is 9.15 Å².